The molecule has 0 aliphatic rings. The fraction of sp³-hybridized carbons (Fsp3) is 0.136. The molecule has 4 rings (SSSR count). The lowest BCUT2D eigenvalue weighted by Gasteiger charge is -2.08. The monoisotopic (exact) mass is 390 g/mol. The van der Waals surface area contributed by atoms with E-state index >= 15 is 0 Å². The lowest BCUT2D eigenvalue weighted by atomic mass is 9.98. The van der Waals surface area contributed by atoms with Crippen molar-refractivity contribution in [1.82, 2.24) is 14.6 Å². The molecule has 0 saturated carbocycles. The van der Waals surface area contributed by atoms with Gasteiger partial charge in [-0.15, -0.1) is 10.2 Å². The van der Waals surface area contributed by atoms with Gasteiger partial charge in [0.2, 0.25) is 5.91 Å². The van der Waals surface area contributed by atoms with E-state index in [1.54, 1.807) is 6.07 Å². The standard InChI is InChI=1S/C22H19ClN4O/c1-14-6-8-17(21(24)28)13-16(14)9-7-15-10-11-27-20(12-15)25-26-22(27)18-4-2-3-5-19(18)23/h2-6,8,10-13H,7,9H2,1H3,(H2,24,28). The van der Waals surface area contributed by atoms with Crippen LogP contribution in [0.5, 0.6) is 0 Å². The van der Waals surface area contributed by atoms with Gasteiger partial charge in [-0.3, -0.25) is 9.20 Å². The van der Waals surface area contributed by atoms with Gasteiger partial charge in [0.25, 0.3) is 0 Å². The van der Waals surface area contributed by atoms with Crippen LogP contribution < -0.4 is 5.73 Å². The molecular formula is C22H19ClN4O. The molecule has 2 N–H and O–H groups in total. The molecule has 6 heteroatoms. The van der Waals surface area contributed by atoms with E-state index in [9.17, 15) is 4.79 Å². The number of carbonyl (C=O) groups excluding carboxylic acids is 1. The molecule has 0 atom stereocenters. The Labute approximate surface area is 167 Å². The number of nitrogens with zero attached hydrogens (tertiary/aromatic N) is 3. The maximum absolute atomic E-state index is 11.4. The Balaban J connectivity index is 1.59. The Morgan fingerprint density at radius 3 is 2.68 bits per heavy atom. The largest absolute Gasteiger partial charge is 0.366 e. The minimum atomic E-state index is -0.404. The van der Waals surface area contributed by atoms with E-state index in [0.29, 0.717) is 10.6 Å². The van der Waals surface area contributed by atoms with Crippen LogP contribution >= 0.6 is 11.6 Å². The summed E-state index contributed by atoms with van der Waals surface area (Å²) in [6, 6.07) is 17.3. The smallest absolute Gasteiger partial charge is 0.248 e. The van der Waals surface area contributed by atoms with E-state index in [1.165, 1.54) is 0 Å². The van der Waals surface area contributed by atoms with Crippen LogP contribution in [0.4, 0.5) is 0 Å². The molecule has 2 aromatic carbocycles. The van der Waals surface area contributed by atoms with Crippen molar-refractivity contribution in [3.63, 3.8) is 0 Å². The molecule has 0 unspecified atom stereocenters. The van der Waals surface area contributed by atoms with Gasteiger partial charge in [-0.25, -0.2) is 0 Å². The number of aromatic nitrogens is 3. The Hall–Kier alpha value is -3.18. The molecule has 0 fully saturated rings. The Bertz CT molecular complexity index is 1180. The molecule has 2 heterocycles. The van der Waals surface area contributed by atoms with Crippen molar-refractivity contribution in [2.75, 3.05) is 0 Å². The number of hydrogen-bond donors (Lipinski definition) is 1. The third-order valence-electron chi connectivity index (χ3n) is 4.91. The minimum Gasteiger partial charge on any atom is -0.366 e. The highest BCUT2D eigenvalue weighted by Gasteiger charge is 2.12. The maximum Gasteiger partial charge on any atom is 0.248 e. The summed E-state index contributed by atoms with van der Waals surface area (Å²) in [6.07, 6.45) is 3.61. The zero-order valence-corrected chi connectivity index (χ0v) is 16.1. The van der Waals surface area contributed by atoms with Gasteiger partial charge in [-0.2, -0.15) is 0 Å². The highest BCUT2D eigenvalue weighted by atomic mass is 35.5. The number of primary amides is 1. The van der Waals surface area contributed by atoms with E-state index in [1.807, 2.05) is 60.0 Å². The average Bonchev–Trinajstić information content (AvgIpc) is 3.10. The quantitative estimate of drug-likeness (QED) is 0.553. The summed E-state index contributed by atoms with van der Waals surface area (Å²) in [5, 5.41) is 9.25. The summed E-state index contributed by atoms with van der Waals surface area (Å²) < 4.78 is 1.93. The summed E-state index contributed by atoms with van der Waals surface area (Å²) in [7, 11) is 0. The van der Waals surface area contributed by atoms with Gasteiger partial charge >= 0.3 is 0 Å². The van der Waals surface area contributed by atoms with Crippen LogP contribution in [0.15, 0.2) is 60.8 Å². The number of hydrogen-bond acceptors (Lipinski definition) is 3. The van der Waals surface area contributed by atoms with Crippen LogP contribution in [0.25, 0.3) is 17.0 Å². The number of aryl methyl sites for hydroxylation is 3. The second-order valence-corrected chi connectivity index (χ2v) is 7.18. The molecule has 0 bridgehead atoms. The first-order chi connectivity index (χ1) is 13.5. The molecule has 0 aliphatic carbocycles. The van der Waals surface area contributed by atoms with E-state index in [2.05, 4.69) is 16.3 Å². The first-order valence-electron chi connectivity index (χ1n) is 9.01. The number of fused-ring (bicyclic) bond motifs is 1. The summed E-state index contributed by atoms with van der Waals surface area (Å²) in [5.41, 5.74) is 11.0. The zero-order valence-electron chi connectivity index (χ0n) is 15.4. The number of nitrogens with two attached hydrogens (primary N) is 1. The summed E-state index contributed by atoms with van der Waals surface area (Å²) >= 11 is 6.30. The number of amides is 1. The van der Waals surface area contributed by atoms with E-state index in [-0.39, 0.29) is 0 Å². The fourth-order valence-corrected chi connectivity index (χ4v) is 3.51. The molecule has 4 aromatic rings. The molecule has 5 nitrogen and oxygen atoms in total. The van der Waals surface area contributed by atoms with Crippen molar-refractivity contribution in [2.24, 2.45) is 5.73 Å². The van der Waals surface area contributed by atoms with Gasteiger partial charge in [0, 0.05) is 17.3 Å². The van der Waals surface area contributed by atoms with Gasteiger partial charge in [0.1, 0.15) is 0 Å². The van der Waals surface area contributed by atoms with Gasteiger partial charge in [0.15, 0.2) is 11.5 Å². The van der Waals surface area contributed by atoms with Crippen molar-refractivity contribution in [3.05, 3.63) is 88.1 Å². The molecule has 1 amide bonds. The summed E-state index contributed by atoms with van der Waals surface area (Å²) in [6.45, 7) is 2.04. The maximum atomic E-state index is 11.4. The SMILES string of the molecule is Cc1ccc(C(N)=O)cc1CCc1ccn2c(-c3ccccc3Cl)nnc2c1. The fourth-order valence-electron chi connectivity index (χ4n) is 3.29. The topological polar surface area (TPSA) is 73.3 Å². The van der Waals surface area contributed by atoms with E-state index < -0.39 is 5.91 Å². The van der Waals surface area contributed by atoms with Crippen LogP contribution in [0.2, 0.25) is 5.02 Å². The van der Waals surface area contributed by atoms with Gasteiger partial charge in [-0.05, 0) is 72.9 Å². The first-order valence-corrected chi connectivity index (χ1v) is 9.38. The van der Waals surface area contributed by atoms with Crippen LogP contribution in [0, 0.1) is 6.92 Å². The van der Waals surface area contributed by atoms with E-state index in [0.717, 1.165) is 46.6 Å². The summed E-state index contributed by atoms with van der Waals surface area (Å²) in [4.78, 5) is 11.4. The Kier molecular flexibility index (Phi) is 4.84. The second-order valence-electron chi connectivity index (χ2n) is 6.77. The lowest BCUT2D eigenvalue weighted by Crippen LogP contribution is -2.11. The molecule has 140 valence electrons. The van der Waals surface area contributed by atoms with Gasteiger partial charge in [-0.1, -0.05) is 29.8 Å². The molecule has 0 spiro atoms. The number of rotatable bonds is 5. The van der Waals surface area contributed by atoms with Gasteiger partial charge < -0.3 is 5.73 Å². The number of carbonyl (C=O) groups is 1. The molecular weight excluding hydrogens is 372 g/mol. The van der Waals surface area contributed by atoms with Crippen molar-refractivity contribution >= 4 is 23.2 Å². The van der Waals surface area contributed by atoms with Crippen LogP contribution in [0.1, 0.15) is 27.0 Å². The molecule has 0 saturated heterocycles. The Morgan fingerprint density at radius 2 is 1.89 bits per heavy atom. The van der Waals surface area contributed by atoms with E-state index in [4.69, 9.17) is 17.3 Å². The van der Waals surface area contributed by atoms with Gasteiger partial charge in [0.05, 0.1) is 5.02 Å². The van der Waals surface area contributed by atoms with Crippen molar-refractivity contribution < 1.29 is 4.79 Å². The highest BCUT2D eigenvalue weighted by Crippen LogP contribution is 2.26. The zero-order chi connectivity index (χ0) is 19.7. The second kappa shape index (κ2) is 7.44. The molecule has 0 radical (unpaired) electrons. The average molecular weight is 391 g/mol. The Morgan fingerprint density at radius 1 is 1.07 bits per heavy atom. The van der Waals surface area contributed by atoms with Crippen LogP contribution in [0.3, 0.4) is 0 Å². The number of pyridine rings is 1. The number of benzene rings is 2. The number of halogens is 1. The molecule has 2 aromatic heterocycles. The summed E-state index contributed by atoms with van der Waals surface area (Å²) in [5.74, 6) is 0.315. The predicted molar refractivity (Wildman–Crippen MR) is 111 cm³/mol. The predicted octanol–water partition coefficient (Wildman–Crippen LogP) is 4.24. The first kappa shape index (κ1) is 18.2. The third-order valence-corrected chi connectivity index (χ3v) is 5.24. The third kappa shape index (κ3) is 3.49. The van der Waals surface area contributed by atoms with Crippen molar-refractivity contribution in [1.29, 1.82) is 0 Å². The minimum absolute atomic E-state index is 0.404. The van der Waals surface area contributed by atoms with Crippen LogP contribution in [-0.4, -0.2) is 20.5 Å². The van der Waals surface area contributed by atoms with Crippen LogP contribution in [-0.2, 0) is 12.8 Å². The lowest BCUT2D eigenvalue weighted by molar-refractivity contribution is 0.1000. The van der Waals surface area contributed by atoms with Crippen molar-refractivity contribution in [3.8, 4) is 11.4 Å². The highest BCUT2D eigenvalue weighted by molar-refractivity contribution is 6.33. The normalized spacial score (nSPS) is 11.1. The molecule has 0 aliphatic heterocycles. The van der Waals surface area contributed by atoms with Crippen molar-refractivity contribution in [2.45, 2.75) is 19.8 Å². The molecule has 28 heavy (non-hydrogen) atoms.